The van der Waals surface area contributed by atoms with Crippen LogP contribution in [0.25, 0.3) is 0 Å². The summed E-state index contributed by atoms with van der Waals surface area (Å²) in [6.45, 7) is 0. The summed E-state index contributed by atoms with van der Waals surface area (Å²) >= 11 is 9.28. The molecular formula is C14H17BrCl2N2O. The monoisotopic (exact) mass is 378 g/mol. The molecule has 2 fully saturated rings. The molecule has 3 rings (SSSR count). The number of rotatable bonds is 2. The highest BCUT2D eigenvalue weighted by molar-refractivity contribution is 9.10. The lowest BCUT2D eigenvalue weighted by atomic mass is 9.99. The lowest BCUT2D eigenvalue weighted by Crippen LogP contribution is -2.48. The maximum absolute atomic E-state index is 12.3. The van der Waals surface area contributed by atoms with Crippen molar-refractivity contribution in [1.82, 2.24) is 10.6 Å². The summed E-state index contributed by atoms with van der Waals surface area (Å²) in [5.41, 5.74) is 0.648. The van der Waals surface area contributed by atoms with Crippen molar-refractivity contribution in [2.24, 2.45) is 0 Å². The van der Waals surface area contributed by atoms with Gasteiger partial charge >= 0.3 is 0 Å². The van der Waals surface area contributed by atoms with Crippen molar-refractivity contribution in [1.29, 1.82) is 0 Å². The van der Waals surface area contributed by atoms with Gasteiger partial charge in [-0.1, -0.05) is 11.6 Å². The minimum Gasteiger partial charge on any atom is -0.349 e. The van der Waals surface area contributed by atoms with Crippen LogP contribution in [0.1, 0.15) is 36.0 Å². The van der Waals surface area contributed by atoms with E-state index in [2.05, 4.69) is 26.6 Å². The van der Waals surface area contributed by atoms with Gasteiger partial charge in [0.1, 0.15) is 0 Å². The van der Waals surface area contributed by atoms with Gasteiger partial charge in [-0.3, -0.25) is 4.79 Å². The molecule has 110 valence electrons. The lowest BCUT2D eigenvalue weighted by molar-refractivity contribution is 0.0923. The van der Waals surface area contributed by atoms with Crippen molar-refractivity contribution in [3.63, 3.8) is 0 Å². The maximum atomic E-state index is 12.3. The number of carbonyl (C=O) groups excluding carboxylic acids is 1. The van der Waals surface area contributed by atoms with E-state index in [9.17, 15) is 4.79 Å². The van der Waals surface area contributed by atoms with Crippen LogP contribution in [0, 0.1) is 0 Å². The first kappa shape index (κ1) is 16.1. The van der Waals surface area contributed by atoms with Crippen LogP contribution in [-0.4, -0.2) is 24.0 Å². The van der Waals surface area contributed by atoms with E-state index in [1.165, 1.54) is 12.8 Å². The van der Waals surface area contributed by atoms with Gasteiger partial charge in [-0.15, -0.1) is 12.4 Å². The Balaban J connectivity index is 0.00000147. The summed E-state index contributed by atoms with van der Waals surface area (Å²) in [6, 6.07) is 6.71. The third kappa shape index (κ3) is 3.48. The van der Waals surface area contributed by atoms with Crippen LogP contribution in [0.4, 0.5) is 0 Å². The zero-order chi connectivity index (χ0) is 13.4. The summed E-state index contributed by atoms with van der Waals surface area (Å²) in [7, 11) is 0. The fourth-order valence-electron chi connectivity index (χ4n) is 3.11. The first-order chi connectivity index (χ1) is 9.11. The van der Waals surface area contributed by atoms with Gasteiger partial charge in [0.25, 0.3) is 5.91 Å². The molecule has 20 heavy (non-hydrogen) atoms. The van der Waals surface area contributed by atoms with Crippen LogP contribution in [0.15, 0.2) is 22.7 Å². The Labute approximate surface area is 138 Å². The molecule has 0 saturated carbocycles. The second-order valence-electron chi connectivity index (χ2n) is 5.40. The molecule has 2 bridgehead atoms. The van der Waals surface area contributed by atoms with Gasteiger partial charge in [-0.25, -0.2) is 0 Å². The average Bonchev–Trinajstić information content (AvgIpc) is 2.68. The highest BCUT2D eigenvalue weighted by Crippen LogP contribution is 2.27. The fourth-order valence-corrected chi connectivity index (χ4v) is 3.97. The van der Waals surface area contributed by atoms with E-state index >= 15 is 0 Å². The largest absolute Gasteiger partial charge is 0.349 e. The van der Waals surface area contributed by atoms with E-state index in [4.69, 9.17) is 11.6 Å². The van der Waals surface area contributed by atoms with Gasteiger partial charge in [0.2, 0.25) is 0 Å². The van der Waals surface area contributed by atoms with Crippen LogP contribution in [0.5, 0.6) is 0 Å². The van der Waals surface area contributed by atoms with Crippen molar-refractivity contribution in [3.05, 3.63) is 33.3 Å². The molecule has 2 saturated heterocycles. The highest BCUT2D eigenvalue weighted by Gasteiger charge is 2.34. The lowest BCUT2D eigenvalue weighted by Gasteiger charge is -2.29. The topological polar surface area (TPSA) is 41.1 Å². The first-order valence-corrected chi connectivity index (χ1v) is 7.81. The standard InChI is InChI=1S/C14H16BrClN2O.ClH/c15-13-5-8(16)1-4-12(13)14(19)18-11-6-9-2-3-10(7-11)17-9;/h1,4-5,9-11,17H,2-3,6-7H2,(H,18,19);1H. The van der Waals surface area contributed by atoms with Gasteiger partial charge in [0.15, 0.2) is 0 Å². The van der Waals surface area contributed by atoms with Gasteiger partial charge < -0.3 is 10.6 Å². The SMILES string of the molecule is Cl.O=C(NC1CC2CCC(C1)N2)c1ccc(Cl)cc1Br. The molecule has 0 spiro atoms. The molecule has 2 heterocycles. The molecule has 1 aromatic rings. The van der Waals surface area contributed by atoms with E-state index in [-0.39, 0.29) is 24.4 Å². The number of fused-ring (bicyclic) bond motifs is 2. The molecule has 2 N–H and O–H groups in total. The Hall–Kier alpha value is -0.290. The normalized spacial score (nSPS) is 27.8. The first-order valence-electron chi connectivity index (χ1n) is 6.64. The molecule has 2 aliphatic heterocycles. The summed E-state index contributed by atoms with van der Waals surface area (Å²) < 4.78 is 0.745. The number of hydrogen-bond acceptors (Lipinski definition) is 2. The third-order valence-electron chi connectivity index (χ3n) is 3.98. The van der Waals surface area contributed by atoms with Crippen molar-refractivity contribution < 1.29 is 4.79 Å². The van der Waals surface area contributed by atoms with Crippen molar-refractivity contribution in [3.8, 4) is 0 Å². The Morgan fingerprint density at radius 1 is 1.30 bits per heavy atom. The summed E-state index contributed by atoms with van der Waals surface area (Å²) in [5.74, 6) is -0.0187. The van der Waals surface area contributed by atoms with Crippen LogP contribution in [0.2, 0.25) is 5.02 Å². The molecule has 2 aliphatic rings. The third-order valence-corrected chi connectivity index (χ3v) is 4.88. The zero-order valence-corrected chi connectivity index (χ0v) is 14.0. The minimum atomic E-state index is -0.0187. The average molecular weight is 380 g/mol. The predicted molar refractivity (Wildman–Crippen MR) is 86.8 cm³/mol. The smallest absolute Gasteiger partial charge is 0.252 e. The number of nitrogens with one attached hydrogen (secondary N) is 2. The Kier molecular flexibility index (Phi) is 5.35. The number of piperidine rings is 1. The minimum absolute atomic E-state index is 0. The Morgan fingerprint density at radius 2 is 1.95 bits per heavy atom. The summed E-state index contributed by atoms with van der Waals surface area (Å²) in [4.78, 5) is 12.3. The van der Waals surface area contributed by atoms with Crippen LogP contribution < -0.4 is 10.6 Å². The molecular weight excluding hydrogens is 363 g/mol. The van der Waals surface area contributed by atoms with Crippen LogP contribution >= 0.6 is 39.9 Å². The van der Waals surface area contributed by atoms with E-state index < -0.39 is 0 Å². The van der Waals surface area contributed by atoms with E-state index in [1.807, 2.05) is 0 Å². The molecule has 2 unspecified atom stereocenters. The number of carbonyl (C=O) groups is 1. The molecule has 2 atom stereocenters. The number of benzene rings is 1. The number of hydrogen-bond donors (Lipinski definition) is 2. The van der Waals surface area contributed by atoms with Gasteiger partial charge in [-0.2, -0.15) is 0 Å². The van der Waals surface area contributed by atoms with Crippen molar-refractivity contribution in [2.75, 3.05) is 0 Å². The number of halogens is 3. The van der Waals surface area contributed by atoms with Gasteiger partial charge in [-0.05, 0) is 59.8 Å². The fraction of sp³-hybridized carbons (Fsp3) is 0.500. The van der Waals surface area contributed by atoms with E-state index in [0.717, 1.165) is 17.3 Å². The second-order valence-corrected chi connectivity index (χ2v) is 6.69. The molecule has 0 radical (unpaired) electrons. The number of amides is 1. The molecule has 6 heteroatoms. The van der Waals surface area contributed by atoms with Gasteiger partial charge in [0.05, 0.1) is 5.56 Å². The molecule has 0 aromatic heterocycles. The van der Waals surface area contributed by atoms with Gasteiger partial charge in [0, 0.05) is 27.6 Å². The predicted octanol–water partition coefficient (Wildman–Crippen LogP) is 3.54. The highest BCUT2D eigenvalue weighted by atomic mass is 79.9. The van der Waals surface area contributed by atoms with Crippen molar-refractivity contribution in [2.45, 2.75) is 43.8 Å². The maximum Gasteiger partial charge on any atom is 0.252 e. The van der Waals surface area contributed by atoms with E-state index in [0.29, 0.717) is 22.7 Å². The molecule has 0 aliphatic carbocycles. The quantitative estimate of drug-likeness (QED) is 0.825. The van der Waals surface area contributed by atoms with E-state index in [1.54, 1.807) is 18.2 Å². The Morgan fingerprint density at radius 3 is 2.55 bits per heavy atom. The molecule has 1 aromatic carbocycles. The summed E-state index contributed by atoms with van der Waals surface area (Å²) in [5, 5.41) is 7.35. The van der Waals surface area contributed by atoms with Crippen molar-refractivity contribution >= 4 is 45.8 Å². The zero-order valence-electron chi connectivity index (χ0n) is 10.9. The van der Waals surface area contributed by atoms with Crippen LogP contribution in [0.3, 0.4) is 0 Å². The molecule has 3 nitrogen and oxygen atoms in total. The van der Waals surface area contributed by atoms with Crippen LogP contribution in [-0.2, 0) is 0 Å². The second kappa shape index (κ2) is 6.65. The Bertz CT molecular complexity index is 500. The summed E-state index contributed by atoms with van der Waals surface area (Å²) in [6.07, 6.45) is 4.55. The molecule has 1 amide bonds.